The van der Waals surface area contributed by atoms with Crippen molar-refractivity contribution in [2.75, 3.05) is 13.1 Å². The molecule has 19 heavy (non-hydrogen) atoms. The van der Waals surface area contributed by atoms with E-state index in [9.17, 15) is 4.39 Å². The maximum Gasteiger partial charge on any atom is 0.127 e. The summed E-state index contributed by atoms with van der Waals surface area (Å²) >= 11 is 0. The molecule has 104 valence electrons. The fourth-order valence-electron chi connectivity index (χ4n) is 3.68. The molecule has 3 unspecified atom stereocenters. The Hall–Kier alpha value is -0.930. The molecule has 2 aliphatic rings. The highest BCUT2D eigenvalue weighted by Crippen LogP contribution is 2.29. The van der Waals surface area contributed by atoms with E-state index in [0.29, 0.717) is 12.1 Å². The van der Waals surface area contributed by atoms with Crippen molar-refractivity contribution in [2.45, 2.75) is 50.7 Å². The Bertz CT molecular complexity index is 435. The van der Waals surface area contributed by atoms with E-state index in [1.807, 2.05) is 12.1 Å². The third-order valence-corrected chi connectivity index (χ3v) is 4.69. The van der Waals surface area contributed by atoms with Crippen LogP contribution in [0.4, 0.5) is 4.39 Å². The molecule has 2 nitrogen and oxygen atoms in total. The van der Waals surface area contributed by atoms with Gasteiger partial charge in [0.1, 0.15) is 5.82 Å². The molecular weight excluding hydrogens is 239 g/mol. The molecule has 3 rings (SSSR count). The molecule has 2 aliphatic heterocycles. The number of benzene rings is 1. The zero-order valence-corrected chi connectivity index (χ0v) is 11.6. The minimum Gasteiger partial charge on any atom is -0.306 e. The van der Waals surface area contributed by atoms with Crippen molar-refractivity contribution in [3.8, 4) is 0 Å². The van der Waals surface area contributed by atoms with Gasteiger partial charge in [0.05, 0.1) is 0 Å². The van der Waals surface area contributed by atoms with Gasteiger partial charge >= 0.3 is 0 Å². The molecule has 3 atom stereocenters. The zero-order chi connectivity index (χ0) is 13.2. The van der Waals surface area contributed by atoms with Gasteiger partial charge in [-0.1, -0.05) is 24.6 Å². The van der Waals surface area contributed by atoms with Gasteiger partial charge in [-0.2, -0.15) is 0 Å². The van der Waals surface area contributed by atoms with Gasteiger partial charge in [-0.3, -0.25) is 4.90 Å². The average molecular weight is 262 g/mol. The highest BCUT2D eigenvalue weighted by molar-refractivity contribution is 5.21. The minimum atomic E-state index is -0.0963. The van der Waals surface area contributed by atoms with Crippen LogP contribution in [-0.4, -0.2) is 30.1 Å². The van der Waals surface area contributed by atoms with Gasteiger partial charge in [0.15, 0.2) is 0 Å². The summed E-state index contributed by atoms with van der Waals surface area (Å²) in [6.07, 6.45) is 5.17. The Morgan fingerprint density at radius 1 is 1.21 bits per heavy atom. The molecular formula is C16H23FN2. The Labute approximate surface area is 115 Å². The zero-order valence-electron chi connectivity index (χ0n) is 11.6. The molecule has 0 aromatic heterocycles. The van der Waals surface area contributed by atoms with Crippen LogP contribution < -0.4 is 5.32 Å². The maximum atomic E-state index is 13.8. The summed E-state index contributed by atoms with van der Waals surface area (Å²) in [5.41, 5.74) is 0.789. The van der Waals surface area contributed by atoms with E-state index in [-0.39, 0.29) is 11.9 Å². The van der Waals surface area contributed by atoms with E-state index >= 15 is 0 Å². The first-order valence-corrected chi connectivity index (χ1v) is 7.50. The molecule has 0 radical (unpaired) electrons. The lowest BCUT2D eigenvalue weighted by molar-refractivity contribution is 0.177. The number of rotatable bonds is 3. The first-order chi connectivity index (χ1) is 9.25. The predicted octanol–water partition coefficient (Wildman–Crippen LogP) is 3.10. The molecule has 0 spiro atoms. The van der Waals surface area contributed by atoms with Crippen molar-refractivity contribution in [3.05, 3.63) is 35.6 Å². The van der Waals surface area contributed by atoms with E-state index in [0.717, 1.165) is 5.56 Å². The van der Waals surface area contributed by atoms with Crippen LogP contribution in [0.1, 0.15) is 44.2 Å². The van der Waals surface area contributed by atoms with E-state index in [1.54, 1.807) is 12.1 Å². The highest BCUT2D eigenvalue weighted by Gasteiger charge is 2.36. The van der Waals surface area contributed by atoms with Gasteiger partial charge in [0.2, 0.25) is 0 Å². The Kier molecular flexibility index (Phi) is 3.85. The second kappa shape index (κ2) is 5.59. The Morgan fingerprint density at radius 2 is 2.05 bits per heavy atom. The second-order valence-corrected chi connectivity index (χ2v) is 5.90. The lowest BCUT2D eigenvalue weighted by Crippen LogP contribution is -2.45. The van der Waals surface area contributed by atoms with E-state index < -0.39 is 0 Å². The van der Waals surface area contributed by atoms with Crippen LogP contribution in [0.2, 0.25) is 0 Å². The number of piperidine rings is 1. The summed E-state index contributed by atoms with van der Waals surface area (Å²) in [6, 6.07) is 8.39. The number of nitrogens with one attached hydrogen (secondary N) is 1. The molecule has 0 amide bonds. The van der Waals surface area contributed by atoms with Crippen LogP contribution in [0.25, 0.3) is 0 Å². The van der Waals surface area contributed by atoms with Gasteiger partial charge in [0.25, 0.3) is 0 Å². The molecule has 0 aliphatic carbocycles. The van der Waals surface area contributed by atoms with Gasteiger partial charge in [0, 0.05) is 30.2 Å². The largest absolute Gasteiger partial charge is 0.306 e. The van der Waals surface area contributed by atoms with Crippen molar-refractivity contribution >= 4 is 0 Å². The molecule has 1 N–H and O–H groups in total. The lowest BCUT2D eigenvalue weighted by atomic mass is 9.97. The van der Waals surface area contributed by atoms with Crippen molar-refractivity contribution in [3.63, 3.8) is 0 Å². The van der Waals surface area contributed by atoms with E-state index in [2.05, 4.69) is 17.1 Å². The second-order valence-electron chi connectivity index (χ2n) is 5.90. The summed E-state index contributed by atoms with van der Waals surface area (Å²) < 4.78 is 13.8. The third-order valence-electron chi connectivity index (χ3n) is 4.69. The van der Waals surface area contributed by atoms with E-state index in [4.69, 9.17) is 0 Å². The van der Waals surface area contributed by atoms with Crippen molar-refractivity contribution < 1.29 is 4.39 Å². The first kappa shape index (κ1) is 13.1. The molecule has 3 heteroatoms. The topological polar surface area (TPSA) is 15.3 Å². The summed E-state index contributed by atoms with van der Waals surface area (Å²) in [4.78, 5) is 2.61. The van der Waals surface area contributed by atoms with Gasteiger partial charge in [-0.15, -0.1) is 0 Å². The van der Waals surface area contributed by atoms with Crippen molar-refractivity contribution in [1.29, 1.82) is 0 Å². The summed E-state index contributed by atoms with van der Waals surface area (Å²) in [5, 5.41) is 3.65. The number of fused-ring (bicyclic) bond motifs is 1. The third kappa shape index (κ3) is 2.67. The van der Waals surface area contributed by atoms with Crippen LogP contribution in [-0.2, 0) is 0 Å². The number of halogens is 1. The predicted molar refractivity (Wildman–Crippen MR) is 75.6 cm³/mol. The molecule has 0 bridgehead atoms. The number of hydrogen-bond acceptors (Lipinski definition) is 2. The number of hydrogen-bond donors (Lipinski definition) is 1. The van der Waals surface area contributed by atoms with Crippen LogP contribution >= 0.6 is 0 Å². The first-order valence-electron chi connectivity index (χ1n) is 7.50. The molecule has 1 aromatic rings. The molecule has 2 saturated heterocycles. The van der Waals surface area contributed by atoms with E-state index in [1.165, 1.54) is 38.8 Å². The van der Waals surface area contributed by atoms with Gasteiger partial charge < -0.3 is 5.32 Å². The highest BCUT2D eigenvalue weighted by atomic mass is 19.1. The Balaban J connectivity index is 1.67. The van der Waals surface area contributed by atoms with Crippen LogP contribution in [0.5, 0.6) is 0 Å². The van der Waals surface area contributed by atoms with Crippen molar-refractivity contribution in [1.82, 2.24) is 10.2 Å². The molecule has 1 aromatic carbocycles. The standard InChI is InChI=1S/C16H23FN2/c1-12(13-6-2-3-7-14(13)17)18-15-9-11-19-10-5-4-8-16(15)19/h2-3,6-7,12,15-16,18H,4-5,8-11H2,1H3. The fourth-order valence-corrected chi connectivity index (χ4v) is 3.68. The smallest absolute Gasteiger partial charge is 0.127 e. The lowest BCUT2D eigenvalue weighted by Gasteiger charge is -2.34. The number of nitrogens with zero attached hydrogens (tertiary/aromatic N) is 1. The summed E-state index contributed by atoms with van der Waals surface area (Å²) in [7, 11) is 0. The SMILES string of the molecule is CC(NC1CCN2CCCCC12)c1ccccc1F. The fraction of sp³-hybridized carbons (Fsp3) is 0.625. The molecule has 2 heterocycles. The molecule has 2 fully saturated rings. The minimum absolute atomic E-state index is 0.0908. The normalized spacial score (nSPS) is 29.2. The summed E-state index contributed by atoms with van der Waals surface area (Å²) in [5.74, 6) is -0.0963. The Morgan fingerprint density at radius 3 is 2.89 bits per heavy atom. The molecule has 0 saturated carbocycles. The van der Waals surface area contributed by atoms with Crippen LogP contribution in [0.15, 0.2) is 24.3 Å². The maximum absolute atomic E-state index is 13.8. The monoisotopic (exact) mass is 262 g/mol. The van der Waals surface area contributed by atoms with Crippen LogP contribution in [0, 0.1) is 5.82 Å². The quantitative estimate of drug-likeness (QED) is 0.900. The van der Waals surface area contributed by atoms with Gasteiger partial charge in [-0.25, -0.2) is 4.39 Å². The van der Waals surface area contributed by atoms with Gasteiger partial charge in [-0.05, 0) is 38.8 Å². The van der Waals surface area contributed by atoms with Crippen LogP contribution in [0.3, 0.4) is 0 Å². The summed E-state index contributed by atoms with van der Waals surface area (Å²) in [6.45, 7) is 4.52. The van der Waals surface area contributed by atoms with Crippen molar-refractivity contribution in [2.24, 2.45) is 0 Å². The average Bonchev–Trinajstić information content (AvgIpc) is 2.83.